The highest BCUT2D eigenvalue weighted by molar-refractivity contribution is 7.00. The van der Waals surface area contributed by atoms with Gasteiger partial charge in [0.2, 0.25) is 0 Å². The van der Waals surface area contributed by atoms with Crippen molar-refractivity contribution in [1.82, 2.24) is 0 Å². The molecule has 0 N–H and O–H groups in total. The summed E-state index contributed by atoms with van der Waals surface area (Å²) < 4.78 is -0.172. The monoisotopic (exact) mass is 844 g/mol. The third-order valence-corrected chi connectivity index (χ3v) is 23.4. The van der Waals surface area contributed by atoms with Gasteiger partial charge >= 0.3 is 0 Å². The van der Waals surface area contributed by atoms with E-state index in [1.165, 1.54) is 54.6 Å². The van der Waals surface area contributed by atoms with Crippen LogP contribution in [0.25, 0.3) is 43.4 Å². The number of nitriles is 2. The van der Waals surface area contributed by atoms with Gasteiger partial charge < -0.3 is 9.80 Å². The standard InChI is InChI=1S/C57H48N4Si2/c1-62(2,3)57(63(4,5)6)55-46-33-30-44(60(42-21-9-7-10-22-42)52-27-17-13-19-40(52)37-58)35-39(46)29-32-50(55)54-48-26-16-15-25-47(48)51-36-45(31-34-49(51)56(54)57)61(43-23-11-8-12-24-43)53-28-18-14-20-41(53)38-59/h7-36H,1-6H3. The Labute approximate surface area is 372 Å². The molecule has 0 spiro atoms. The van der Waals surface area contributed by atoms with Crippen molar-refractivity contribution in [3.8, 4) is 23.3 Å². The van der Waals surface area contributed by atoms with Crippen LogP contribution in [0, 0.1) is 22.7 Å². The lowest BCUT2D eigenvalue weighted by Gasteiger charge is -2.52. The lowest BCUT2D eigenvalue weighted by atomic mass is 9.91. The highest BCUT2D eigenvalue weighted by Gasteiger charge is 2.60. The van der Waals surface area contributed by atoms with Gasteiger partial charge in [0.1, 0.15) is 12.1 Å². The number of nitrogens with zero attached hydrogens (tertiary/aromatic N) is 4. The third-order valence-electron chi connectivity index (χ3n) is 13.4. The molecular formula is C57H48N4Si2. The van der Waals surface area contributed by atoms with E-state index in [2.05, 4.69) is 183 Å². The van der Waals surface area contributed by atoms with Crippen LogP contribution in [0.4, 0.5) is 34.1 Å². The average molecular weight is 845 g/mol. The third kappa shape index (κ3) is 6.05. The summed E-state index contributed by atoms with van der Waals surface area (Å²) in [4.78, 5) is 4.45. The number of hydrogen-bond acceptors (Lipinski definition) is 4. The van der Waals surface area contributed by atoms with Crippen LogP contribution in [0.15, 0.2) is 182 Å². The van der Waals surface area contributed by atoms with E-state index in [1.807, 2.05) is 60.7 Å². The van der Waals surface area contributed by atoms with Crippen molar-refractivity contribution in [2.75, 3.05) is 9.80 Å². The van der Waals surface area contributed by atoms with E-state index in [4.69, 9.17) is 0 Å². The van der Waals surface area contributed by atoms with Crippen LogP contribution >= 0.6 is 0 Å². The second kappa shape index (κ2) is 15.0. The van der Waals surface area contributed by atoms with Gasteiger partial charge in [-0.1, -0.05) is 148 Å². The maximum Gasteiger partial charge on any atom is 0.101 e. The first-order valence-electron chi connectivity index (χ1n) is 21.7. The number of anilines is 6. The SMILES string of the molecule is C[Si](C)(C)C1([Si](C)(C)C)c2c(ccc3cc(N(c4ccccc4)c4ccccc4C#N)ccc23)-c2c1c1ccc(N(c3ccccc3)c3ccccc3C#N)cc1c1ccccc21. The maximum atomic E-state index is 10.3. The van der Waals surface area contributed by atoms with Gasteiger partial charge in [0.25, 0.3) is 0 Å². The van der Waals surface area contributed by atoms with E-state index in [0.29, 0.717) is 11.1 Å². The first-order chi connectivity index (χ1) is 30.5. The molecule has 1 aliphatic carbocycles. The zero-order chi connectivity index (χ0) is 43.7. The molecular weight excluding hydrogens is 797 g/mol. The van der Waals surface area contributed by atoms with Crippen LogP contribution in [-0.4, -0.2) is 16.1 Å². The molecule has 6 heteroatoms. The summed E-state index contributed by atoms with van der Waals surface area (Å²) in [7, 11) is -4.34. The van der Waals surface area contributed by atoms with Gasteiger partial charge in [-0.25, -0.2) is 0 Å². The quantitative estimate of drug-likeness (QED) is 0.113. The summed E-state index contributed by atoms with van der Waals surface area (Å²) in [6.45, 7) is 15.6. The van der Waals surface area contributed by atoms with Gasteiger partial charge in [-0.3, -0.25) is 0 Å². The fraction of sp³-hybridized carbons (Fsp3) is 0.123. The van der Waals surface area contributed by atoms with Crippen molar-refractivity contribution >= 4 is 82.6 Å². The molecule has 63 heavy (non-hydrogen) atoms. The largest absolute Gasteiger partial charge is 0.309 e. The maximum absolute atomic E-state index is 10.3. The lowest BCUT2D eigenvalue weighted by molar-refractivity contribution is 0.973. The van der Waals surface area contributed by atoms with Crippen molar-refractivity contribution in [2.45, 2.75) is 43.9 Å². The fourth-order valence-electron chi connectivity index (χ4n) is 11.3. The van der Waals surface area contributed by atoms with Gasteiger partial charge in [-0.05, 0) is 127 Å². The number of benzene rings is 9. The highest BCUT2D eigenvalue weighted by Crippen LogP contribution is 2.63. The van der Waals surface area contributed by atoms with Gasteiger partial charge in [-0.2, -0.15) is 10.5 Å². The number of rotatable bonds is 8. The number of para-hydroxylation sites is 4. The van der Waals surface area contributed by atoms with Crippen LogP contribution in [0.1, 0.15) is 22.3 Å². The smallest absolute Gasteiger partial charge is 0.101 e. The molecule has 9 aromatic rings. The van der Waals surface area contributed by atoms with Gasteiger partial charge in [-0.15, -0.1) is 0 Å². The molecule has 0 aliphatic heterocycles. The Morgan fingerprint density at radius 1 is 0.397 bits per heavy atom. The predicted molar refractivity (Wildman–Crippen MR) is 271 cm³/mol. The van der Waals surface area contributed by atoms with Gasteiger partial charge in [0, 0.05) is 27.4 Å². The minimum absolute atomic E-state index is 0.172. The second-order valence-electron chi connectivity index (χ2n) is 18.8. The van der Waals surface area contributed by atoms with Crippen LogP contribution < -0.4 is 9.80 Å². The first kappa shape index (κ1) is 39.9. The average Bonchev–Trinajstić information content (AvgIpc) is 3.64. The Balaban J connectivity index is 1.27. The molecule has 0 saturated heterocycles. The molecule has 0 atom stereocenters. The molecule has 4 nitrogen and oxygen atoms in total. The molecule has 304 valence electrons. The van der Waals surface area contributed by atoms with E-state index >= 15 is 0 Å². The molecule has 9 aromatic carbocycles. The summed E-state index contributed by atoms with van der Waals surface area (Å²) in [5.74, 6) is 0. The second-order valence-corrected chi connectivity index (χ2v) is 29.8. The Hall–Kier alpha value is -7.23. The fourth-order valence-corrected chi connectivity index (χ4v) is 24.4. The van der Waals surface area contributed by atoms with Gasteiger partial charge in [0.05, 0.1) is 38.6 Å². The molecule has 0 radical (unpaired) electrons. The molecule has 1 aliphatic rings. The zero-order valence-electron chi connectivity index (χ0n) is 36.6. The summed E-state index contributed by atoms with van der Waals surface area (Å²) in [6, 6.07) is 69.3. The summed E-state index contributed by atoms with van der Waals surface area (Å²) >= 11 is 0. The summed E-state index contributed by atoms with van der Waals surface area (Å²) in [5, 5.41) is 28.1. The number of hydrogen-bond donors (Lipinski definition) is 0. The van der Waals surface area contributed by atoms with E-state index in [-0.39, 0.29) is 4.66 Å². The Kier molecular flexibility index (Phi) is 9.49. The lowest BCUT2D eigenvalue weighted by Crippen LogP contribution is -2.63. The van der Waals surface area contributed by atoms with E-state index in [0.717, 1.165) is 34.1 Å². The molecule has 0 amide bonds. The minimum atomic E-state index is -2.17. The normalized spacial score (nSPS) is 13.0. The predicted octanol–water partition coefficient (Wildman–Crippen LogP) is 15.9. The molecule has 0 bridgehead atoms. The zero-order valence-corrected chi connectivity index (χ0v) is 38.6. The molecule has 0 aromatic heterocycles. The van der Waals surface area contributed by atoms with Crippen LogP contribution in [0.5, 0.6) is 0 Å². The molecule has 0 heterocycles. The highest BCUT2D eigenvalue weighted by atomic mass is 28.4. The Morgan fingerprint density at radius 3 is 1.41 bits per heavy atom. The number of fused-ring (bicyclic) bond motifs is 10. The van der Waals surface area contributed by atoms with Crippen LogP contribution in [0.2, 0.25) is 39.3 Å². The Morgan fingerprint density at radius 2 is 0.873 bits per heavy atom. The van der Waals surface area contributed by atoms with E-state index in [9.17, 15) is 10.5 Å². The van der Waals surface area contributed by atoms with Crippen molar-refractivity contribution in [3.63, 3.8) is 0 Å². The summed E-state index contributed by atoms with van der Waals surface area (Å²) in [6.07, 6.45) is 0. The topological polar surface area (TPSA) is 54.1 Å². The summed E-state index contributed by atoms with van der Waals surface area (Å²) in [5.41, 5.74) is 12.7. The molecule has 0 unspecified atom stereocenters. The van der Waals surface area contributed by atoms with Gasteiger partial charge in [0.15, 0.2) is 0 Å². The minimum Gasteiger partial charge on any atom is -0.309 e. The first-order valence-corrected chi connectivity index (χ1v) is 28.7. The van der Waals surface area contributed by atoms with Crippen molar-refractivity contribution in [1.29, 1.82) is 10.5 Å². The van der Waals surface area contributed by atoms with Crippen molar-refractivity contribution in [3.05, 3.63) is 204 Å². The Bertz CT molecular complexity index is 3340. The molecule has 10 rings (SSSR count). The van der Waals surface area contributed by atoms with Crippen molar-refractivity contribution < 1.29 is 0 Å². The van der Waals surface area contributed by atoms with E-state index in [1.54, 1.807) is 0 Å². The molecule has 0 fully saturated rings. The van der Waals surface area contributed by atoms with Crippen LogP contribution in [-0.2, 0) is 4.66 Å². The van der Waals surface area contributed by atoms with Crippen LogP contribution in [0.3, 0.4) is 0 Å². The molecule has 0 saturated carbocycles. The van der Waals surface area contributed by atoms with E-state index < -0.39 is 16.1 Å². The van der Waals surface area contributed by atoms with Crippen molar-refractivity contribution in [2.24, 2.45) is 0 Å².